The van der Waals surface area contributed by atoms with Crippen LogP contribution in [0.5, 0.6) is 11.5 Å². The molecule has 1 N–H and O–H groups in total. The summed E-state index contributed by atoms with van der Waals surface area (Å²) in [6.07, 6.45) is 1.58. The first kappa shape index (κ1) is 16.5. The van der Waals surface area contributed by atoms with Crippen molar-refractivity contribution in [1.82, 2.24) is 5.43 Å². The number of benzene rings is 2. The van der Waals surface area contributed by atoms with E-state index in [-0.39, 0.29) is 5.91 Å². The Morgan fingerprint density at radius 3 is 2.48 bits per heavy atom. The molecule has 0 spiro atoms. The number of aryl methyl sites for hydroxylation is 1. The SMILES string of the molecule is CC(=O)NN=Cc1ccc(OCCOc2ccccc2C)cc1. The van der Waals surface area contributed by atoms with Crippen LogP contribution in [0.4, 0.5) is 0 Å². The molecular weight excluding hydrogens is 292 g/mol. The van der Waals surface area contributed by atoms with Gasteiger partial charge in [0.05, 0.1) is 6.21 Å². The van der Waals surface area contributed by atoms with Crippen LogP contribution in [0.25, 0.3) is 0 Å². The van der Waals surface area contributed by atoms with E-state index in [9.17, 15) is 4.79 Å². The summed E-state index contributed by atoms with van der Waals surface area (Å²) in [5, 5.41) is 3.80. The van der Waals surface area contributed by atoms with Gasteiger partial charge in [0.1, 0.15) is 24.7 Å². The lowest BCUT2D eigenvalue weighted by Crippen LogP contribution is -2.12. The second-order valence-corrected chi connectivity index (χ2v) is 4.96. The Morgan fingerprint density at radius 2 is 1.78 bits per heavy atom. The van der Waals surface area contributed by atoms with E-state index in [1.807, 2.05) is 55.5 Å². The fourth-order valence-corrected chi connectivity index (χ4v) is 1.88. The lowest BCUT2D eigenvalue weighted by molar-refractivity contribution is -0.118. The molecule has 2 aromatic rings. The summed E-state index contributed by atoms with van der Waals surface area (Å²) in [6.45, 7) is 4.37. The normalized spacial score (nSPS) is 10.5. The van der Waals surface area contributed by atoms with Gasteiger partial charge >= 0.3 is 0 Å². The number of hydrazone groups is 1. The number of carbonyl (C=O) groups is 1. The van der Waals surface area contributed by atoms with Crippen molar-refractivity contribution in [3.8, 4) is 11.5 Å². The highest BCUT2D eigenvalue weighted by atomic mass is 16.5. The predicted octanol–water partition coefficient (Wildman–Crippen LogP) is 2.92. The number of nitrogens with one attached hydrogen (secondary N) is 1. The molecule has 23 heavy (non-hydrogen) atoms. The first-order valence-electron chi connectivity index (χ1n) is 7.36. The second-order valence-electron chi connectivity index (χ2n) is 4.96. The molecule has 120 valence electrons. The van der Waals surface area contributed by atoms with Gasteiger partial charge in [-0.05, 0) is 48.4 Å². The van der Waals surface area contributed by atoms with Gasteiger partial charge in [0.25, 0.3) is 0 Å². The Kier molecular flexibility index (Phi) is 6.17. The number of carbonyl (C=O) groups excluding carboxylic acids is 1. The molecule has 0 saturated heterocycles. The second kappa shape index (κ2) is 8.58. The highest BCUT2D eigenvalue weighted by Crippen LogP contribution is 2.16. The Balaban J connectivity index is 1.75. The van der Waals surface area contributed by atoms with E-state index >= 15 is 0 Å². The average molecular weight is 312 g/mol. The number of amides is 1. The summed E-state index contributed by atoms with van der Waals surface area (Å²) in [5.74, 6) is 1.44. The van der Waals surface area contributed by atoms with Crippen LogP contribution in [0.3, 0.4) is 0 Å². The van der Waals surface area contributed by atoms with Gasteiger partial charge in [0, 0.05) is 6.92 Å². The van der Waals surface area contributed by atoms with E-state index < -0.39 is 0 Å². The van der Waals surface area contributed by atoms with Gasteiger partial charge < -0.3 is 9.47 Å². The molecule has 0 unspecified atom stereocenters. The van der Waals surface area contributed by atoms with Crippen LogP contribution in [-0.4, -0.2) is 25.3 Å². The fraction of sp³-hybridized carbons (Fsp3) is 0.222. The van der Waals surface area contributed by atoms with Gasteiger partial charge in [-0.2, -0.15) is 5.10 Å². The minimum absolute atomic E-state index is 0.199. The maximum Gasteiger partial charge on any atom is 0.236 e. The Labute approximate surface area is 135 Å². The maximum atomic E-state index is 10.7. The topological polar surface area (TPSA) is 59.9 Å². The van der Waals surface area contributed by atoms with Crippen LogP contribution >= 0.6 is 0 Å². The standard InChI is InChI=1S/C18H20N2O3/c1-14-5-3-4-6-18(14)23-12-11-22-17-9-7-16(8-10-17)13-19-20-15(2)21/h3-10,13H,11-12H2,1-2H3,(H,20,21). The molecule has 5 nitrogen and oxygen atoms in total. The van der Waals surface area contributed by atoms with Gasteiger partial charge in [-0.25, -0.2) is 5.43 Å². The molecular formula is C18H20N2O3. The van der Waals surface area contributed by atoms with Crippen molar-refractivity contribution < 1.29 is 14.3 Å². The van der Waals surface area contributed by atoms with Crippen LogP contribution in [0.1, 0.15) is 18.1 Å². The molecule has 0 radical (unpaired) electrons. The molecule has 0 aromatic heterocycles. The summed E-state index contributed by atoms with van der Waals surface area (Å²) >= 11 is 0. The molecule has 2 rings (SSSR count). The largest absolute Gasteiger partial charge is 0.490 e. The van der Waals surface area contributed by atoms with Gasteiger partial charge in [-0.1, -0.05) is 18.2 Å². The number of para-hydroxylation sites is 1. The van der Waals surface area contributed by atoms with E-state index in [1.54, 1.807) is 6.21 Å². The maximum absolute atomic E-state index is 10.7. The van der Waals surface area contributed by atoms with Crippen LogP contribution in [0.15, 0.2) is 53.6 Å². The van der Waals surface area contributed by atoms with Gasteiger partial charge in [-0.15, -0.1) is 0 Å². The third-order valence-electron chi connectivity index (χ3n) is 3.02. The van der Waals surface area contributed by atoms with Crippen molar-refractivity contribution in [3.63, 3.8) is 0 Å². The number of hydrogen-bond acceptors (Lipinski definition) is 4. The molecule has 0 heterocycles. The third kappa shape index (κ3) is 5.82. The number of rotatable bonds is 7. The lowest BCUT2D eigenvalue weighted by atomic mass is 10.2. The van der Waals surface area contributed by atoms with Gasteiger partial charge in [0.2, 0.25) is 5.91 Å². The summed E-state index contributed by atoms with van der Waals surface area (Å²) in [6, 6.07) is 15.3. The number of nitrogens with zero attached hydrogens (tertiary/aromatic N) is 1. The molecule has 1 amide bonds. The molecule has 0 aliphatic rings. The number of hydrogen-bond donors (Lipinski definition) is 1. The zero-order valence-electron chi connectivity index (χ0n) is 13.3. The van der Waals surface area contributed by atoms with Crippen molar-refractivity contribution in [1.29, 1.82) is 0 Å². The van der Waals surface area contributed by atoms with Crippen LogP contribution in [0, 0.1) is 6.92 Å². The molecule has 5 heteroatoms. The highest BCUT2D eigenvalue weighted by Gasteiger charge is 1.98. The van der Waals surface area contributed by atoms with Crippen molar-refractivity contribution >= 4 is 12.1 Å². The zero-order chi connectivity index (χ0) is 16.5. The molecule has 0 fully saturated rings. The Hall–Kier alpha value is -2.82. The van der Waals surface area contributed by atoms with E-state index in [1.165, 1.54) is 6.92 Å². The van der Waals surface area contributed by atoms with E-state index in [4.69, 9.17) is 9.47 Å². The molecule has 0 atom stereocenters. The van der Waals surface area contributed by atoms with E-state index in [2.05, 4.69) is 10.5 Å². The van der Waals surface area contributed by atoms with E-state index in [0.29, 0.717) is 13.2 Å². The molecule has 0 aliphatic carbocycles. The lowest BCUT2D eigenvalue weighted by Gasteiger charge is -2.10. The zero-order valence-corrected chi connectivity index (χ0v) is 13.3. The average Bonchev–Trinajstić information content (AvgIpc) is 2.54. The Bertz CT molecular complexity index is 666. The van der Waals surface area contributed by atoms with E-state index in [0.717, 1.165) is 22.6 Å². The minimum atomic E-state index is -0.199. The minimum Gasteiger partial charge on any atom is -0.490 e. The van der Waals surface area contributed by atoms with Crippen LogP contribution in [-0.2, 0) is 4.79 Å². The van der Waals surface area contributed by atoms with Crippen molar-refractivity contribution in [3.05, 3.63) is 59.7 Å². The van der Waals surface area contributed by atoms with Crippen molar-refractivity contribution in [2.45, 2.75) is 13.8 Å². The number of ether oxygens (including phenoxy) is 2. The summed E-state index contributed by atoms with van der Waals surface area (Å²) in [7, 11) is 0. The van der Waals surface area contributed by atoms with Crippen LogP contribution < -0.4 is 14.9 Å². The van der Waals surface area contributed by atoms with Gasteiger partial charge in [0.15, 0.2) is 0 Å². The van der Waals surface area contributed by atoms with Crippen molar-refractivity contribution in [2.24, 2.45) is 5.10 Å². The monoisotopic (exact) mass is 312 g/mol. The smallest absolute Gasteiger partial charge is 0.236 e. The molecule has 0 aliphatic heterocycles. The fourth-order valence-electron chi connectivity index (χ4n) is 1.88. The predicted molar refractivity (Wildman–Crippen MR) is 90.0 cm³/mol. The summed E-state index contributed by atoms with van der Waals surface area (Å²) < 4.78 is 11.3. The molecule has 2 aromatic carbocycles. The molecule has 0 bridgehead atoms. The van der Waals surface area contributed by atoms with Crippen LogP contribution in [0.2, 0.25) is 0 Å². The first-order chi connectivity index (χ1) is 11.1. The van der Waals surface area contributed by atoms with Gasteiger partial charge in [-0.3, -0.25) is 4.79 Å². The summed E-state index contributed by atoms with van der Waals surface area (Å²) in [5.41, 5.74) is 4.34. The molecule has 0 saturated carbocycles. The third-order valence-corrected chi connectivity index (χ3v) is 3.02. The quantitative estimate of drug-likeness (QED) is 0.486. The first-order valence-corrected chi connectivity index (χ1v) is 7.36. The highest BCUT2D eigenvalue weighted by molar-refractivity contribution is 5.81. The van der Waals surface area contributed by atoms with Crippen molar-refractivity contribution in [2.75, 3.05) is 13.2 Å². The Morgan fingerprint density at radius 1 is 1.09 bits per heavy atom. The summed E-state index contributed by atoms with van der Waals surface area (Å²) in [4.78, 5) is 10.7.